The van der Waals surface area contributed by atoms with Crippen LogP contribution in [-0.2, 0) is 11.2 Å². The highest BCUT2D eigenvalue weighted by atomic mass is 16.3. The summed E-state index contributed by atoms with van der Waals surface area (Å²) in [6.45, 7) is 5.31. The van der Waals surface area contributed by atoms with Gasteiger partial charge >= 0.3 is 0 Å². The molecule has 0 aromatic heterocycles. The molecule has 0 radical (unpaired) electrons. The van der Waals surface area contributed by atoms with Crippen molar-refractivity contribution in [2.45, 2.75) is 51.4 Å². The summed E-state index contributed by atoms with van der Waals surface area (Å²) in [5.74, 6) is 1.21. The number of hydrogen-bond donors (Lipinski definition) is 1. The van der Waals surface area contributed by atoms with E-state index in [2.05, 4.69) is 9.80 Å². The maximum Gasteiger partial charge on any atom is 0.222 e. The fourth-order valence-electron chi connectivity index (χ4n) is 4.16. The summed E-state index contributed by atoms with van der Waals surface area (Å²) in [6, 6.07) is 7.47. The molecule has 2 heterocycles. The van der Waals surface area contributed by atoms with Gasteiger partial charge in [0.2, 0.25) is 5.91 Å². The zero-order chi connectivity index (χ0) is 17.5. The lowest BCUT2D eigenvalue weighted by Gasteiger charge is -2.21. The first kappa shape index (κ1) is 18.2. The van der Waals surface area contributed by atoms with Crippen LogP contribution < -0.4 is 0 Å². The molecule has 1 aromatic rings. The predicted molar refractivity (Wildman–Crippen MR) is 101 cm³/mol. The molecule has 1 atom stereocenters. The number of rotatable bonds is 6. The van der Waals surface area contributed by atoms with Crippen molar-refractivity contribution < 1.29 is 9.90 Å². The highest BCUT2D eigenvalue weighted by molar-refractivity contribution is 5.76. The van der Waals surface area contributed by atoms with Gasteiger partial charge in [-0.3, -0.25) is 4.79 Å². The van der Waals surface area contributed by atoms with Crippen LogP contribution in [0.1, 0.15) is 50.5 Å². The average Bonchev–Trinajstić information content (AvgIpc) is 2.92. The topological polar surface area (TPSA) is 43.8 Å². The molecule has 1 amide bonds. The van der Waals surface area contributed by atoms with E-state index >= 15 is 0 Å². The van der Waals surface area contributed by atoms with E-state index in [9.17, 15) is 9.90 Å². The lowest BCUT2D eigenvalue weighted by Crippen LogP contribution is -2.31. The second-order valence-electron chi connectivity index (χ2n) is 7.72. The molecular weight excluding hydrogens is 312 g/mol. The van der Waals surface area contributed by atoms with E-state index in [-0.39, 0.29) is 0 Å². The highest BCUT2D eigenvalue weighted by Gasteiger charge is 2.26. The smallest absolute Gasteiger partial charge is 0.222 e. The third kappa shape index (κ3) is 5.74. The molecule has 138 valence electrons. The second-order valence-corrected chi connectivity index (χ2v) is 7.72. The number of phenols is 1. The molecule has 2 aliphatic rings. The fourth-order valence-corrected chi connectivity index (χ4v) is 4.16. The van der Waals surface area contributed by atoms with E-state index in [0.29, 0.717) is 24.0 Å². The molecule has 1 unspecified atom stereocenters. The zero-order valence-corrected chi connectivity index (χ0v) is 15.3. The molecule has 1 aromatic carbocycles. The molecule has 0 saturated carbocycles. The summed E-state index contributed by atoms with van der Waals surface area (Å²) in [5.41, 5.74) is 1.25. The van der Waals surface area contributed by atoms with E-state index in [1.807, 2.05) is 12.1 Å². The predicted octanol–water partition coefficient (Wildman–Crippen LogP) is 3.44. The van der Waals surface area contributed by atoms with Crippen molar-refractivity contribution in [3.63, 3.8) is 0 Å². The van der Waals surface area contributed by atoms with Crippen molar-refractivity contribution in [2.75, 3.05) is 32.7 Å². The monoisotopic (exact) mass is 344 g/mol. The number of hydrogen-bond acceptors (Lipinski definition) is 3. The Balaban J connectivity index is 1.36. The molecule has 25 heavy (non-hydrogen) atoms. The molecule has 4 heteroatoms. The number of phenolic OH excluding ortho intramolecular Hbond substituents is 1. The molecule has 2 fully saturated rings. The van der Waals surface area contributed by atoms with Gasteiger partial charge in [-0.2, -0.15) is 0 Å². The molecule has 0 spiro atoms. The van der Waals surface area contributed by atoms with Crippen LogP contribution in [0.15, 0.2) is 24.3 Å². The third-order valence-electron chi connectivity index (χ3n) is 5.66. The Morgan fingerprint density at radius 2 is 1.76 bits per heavy atom. The molecular formula is C21H32N2O2. The number of amides is 1. The van der Waals surface area contributed by atoms with E-state index in [1.165, 1.54) is 44.3 Å². The Morgan fingerprint density at radius 1 is 1.04 bits per heavy atom. The highest BCUT2D eigenvalue weighted by Crippen LogP contribution is 2.23. The van der Waals surface area contributed by atoms with Gasteiger partial charge in [0.1, 0.15) is 5.75 Å². The minimum absolute atomic E-state index is 0.316. The van der Waals surface area contributed by atoms with Gasteiger partial charge in [-0.1, -0.05) is 25.0 Å². The lowest BCUT2D eigenvalue weighted by molar-refractivity contribution is -0.130. The van der Waals surface area contributed by atoms with Crippen LogP contribution in [0.2, 0.25) is 0 Å². The van der Waals surface area contributed by atoms with Crippen LogP contribution in [0.5, 0.6) is 5.75 Å². The molecule has 1 N–H and O–H groups in total. The summed E-state index contributed by atoms with van der Waals surface area (Å²) < 4.78 is 0. The Morgan fingerprint density at radius 3 is 2.48 bits per heavy atom. The average molecular weight is 344 g/mol. The Kier molecular flexibility index (Phi) is 6.74. The van der Waals surface area contributed by atoms with Gasteiger partial charge in [0, 0.05) is 19.5 Å². The van der Waals surface area contributed by atoms with Gasteiger partial charge < -0.3 is 14.9 Å². The van der Waals surface area contributed by atoms with Gasteiger partial charge in [0.15, 0.2) is 0 Å². The van der Waals surface area contributed by atoms with Gasteiger partial charge in [-0.15, -0.1) is 0 Å². The van der Waals surface area contributed by atoms with E-state index in [4.69, 9.17) is 0 Å². The normalized spacial score (nSPS) is 22.1. The van der Waals surface area contributed by atoms with E-state index in [0.717, 1.165) is 38.9 Å². The zero-order valence-electron chi connectivity index (χ0n) is 15.3. The Labute approximate surface area is 151 Å². The summed E-state index contributed by atoms with van der Waals surface area (Å²) in [7, 11) is 0. The molecule has 4 nitrogen and oxygen atoms in total. The minimum Gasteiger partial charge on any atom is -0.508 e. The van der Waals surface area contributed by atoms with E-state index < -0.39 is 0 Å². The number of aromatic hydroxyl groups is 1. The molecule has 2 aliphatic heterocycles. The van der Waals surface area contributed by atoms with Crippen molar-refractivity contribution in [3.8, 4) is 5.75 Å². The van der Waals surface area contributed by atoms with Crippen LogP contribution in [-0.4, -0.2) is 53.5 Å². The van der Waals surface area contributed by atoms with Crippen molar-refractivity contribution in [1.29, 1.82) is 0 Å². The quantitative estimate of drug-likeness (QED) is 0.860. The van der Waals surface area contributed by atoms with Crippen LogP contribution in [0, 0.1) is 5.92 Å². The molecule has 0 bridgehead atoms. The van der Waals surface area contributed by atoms with Crippen LogP contribution in [0.25, 0.3) is 0 Å². The van der Waals surface area contributed by atoms with Crippen molar-refractivity contribution >= 4 is 5.91 Å². The minimum atomic E-state index is 0.316. The number of nitrogens with zero attached hydrogens (tertiary/aromatic N) is 2. The summed E-state index contributed by atoms with van der Waals surface area (Å²) in [5, 5.41) is 9.37. The number of carbonyl (C=O) groups is 1. The van der Waals surface area contributed by atoms with Gasteiger partial charge in [-0.05, 0) is 75.4 Å². The summed E-state index contributed by atoms with van der Waals surface area (Å²) >= 11 is 0. The standard InChI is InChI=1S/C21H32N2O2/c24-20-9-7-18(8-10-20)16-19-11-15-23(17-19)21(25)6-5-14-22-12-3-1-2-4-13-22/h7-10,19,24H,1-6,11-17H2. The lowest BCUT2D eigenvalue weighted by atomic mass is 9.99. The Hall–Kier alpha value is -1.55. The van der Waals surface area contributed by atoms with Crippen molar-refractivity contribution in [1.82, 2.24) is 9.80 Å². The first-order valence-electron chi connectivity index (χ1n) is 9.99. The maximum absolute atomic E-state index is 12.5. The third-order valence-corrected chi connectivity index (χ3v) is 5.66. The Bertz CT molecular complexity index is 535. The molecule has 0 aliphatic carbocycles. The number of carbonyl (C=O) groups excluding carboxylic acids is 1. The first-order valence-corrected chi connectivity index (χ1v) is 9.99. The van der Waals surface area contributed by atoms with Crippen molar-refractivity contribution in [2.24, 2.45) is 5.92 Å². The van der Waals surface area contributed by atoms with Gasteiger partial charge in [-0.25, -0.2) is 0 Å². The van der Waals surface area contributed by atoms with E-state index in [1.54, 1.807) is 12.1 Å². The SMILES string of the molecule is O=C(CCCN1CCCCCC1)N1CCC(Cc2ccc(O)cc2)C1. The van der Waals surface area contributed by atoms with Crippen molar-refractivity contribution in [3.05, 3.63) is 29.8 Å². The fraction of sp³-hybridized carbons (Fsp3) is 0.667. The van der Waals surface area contributed by atoms with Crippen LogP contribution in [0.3, 0.4) is 0 Å². The largest absolute Gasteiger partial charge is 0.508 e. The van der Waals surface area contributed by atoms with Gasteiger partial charge in [0.05, 0.1) is 0 Å². The second kappa shape index (κ2) is 9.23. The molecule has 2 saturated heterocycles. The summed E-state index contributed by atoms with van der Waals surface area (Å²) in [4.78, 5) is 17.1. The number of benzene rings is 1. The summed E-state index contributed by atoms with van der Waals surface area (Å²) in [6.07, 6.45) is 9.16. The van der Waals surface area contributed by atoms with Crippen LogP contribution >= 0.6 is 0 Å². The first-order chi connectivity index (χ1) is 12.2. The van der Waals surface area contributed by atoms with Crippen LogP contribution in [0.4, 0.5) is 0 Å². The maximum atomic E-state index is 12.5. The number of likely N-dealkylation sites (tertiary alicyclic amines) is 2. The van der Waals surface area contributed by atoms with Gasteiger partial charge in [0.25, 0.3) is 0 Å². The molecule has 3 rings (SSSR count).